The Kier molecular flexibility index (Phi) is 3.66. The van der Waals surface area contributed by atoms with E-state index < -0.39 is 0 Å². The number of hydrogen-bond acceptors (Lipinski definition) is 4. The van der Waals surface area contributed by atoms with Crippen LogP contribution in [-0.4, -0.2) is 76.2 Å². The minimum atomic E-state index is -0.0100. The van der Waals surface area contributed by atoms with Crippen LogP contribution in [0.2, 0.25) is 5.02 Å². The molecule has 1 spiro atoms. The van der Waals surface area contributed by atoms with Crippen molar-refractivity contribution in [1.82, 2.24) is 24.5 Å². The summed E-state index contributed by atoms with van der Waals surface area (Å²) < 4.78 is 1.93. The van der Waals surface area contributed by atoms with Gasteiger partial charge in [0, 0.05) is 32.7 Å². The fourth-order valence-electron chi connectivity index (χ4n) is 4.20. The van der Waals surface area contributed by atoms with Crippen LogP contribution in [-0.2, 0) is 13.1 Å². The number of hydrogen-bond donors (Lipinski definition) is 0. The topological polar surface area (TPSA) is 44.6 Å². The van der Waals surface area contributed by atoms with Crippen LogP contribution in [0.4, 0.5) is 0 Å². The second kappa shape index (κ2) is 5.46. The maximum atomic E-state index is 12.8. The molecule has 0 aromatic carbocycles. The Bertz CT molecular complexity index is 637. The minimum absolute atomic E-state index is 0.0100. The lowest BCUT2D eigenvalue weighted by atomic mass is 9.87. The number of aromatic nitrogens is 2. The summed E-state index contributed by atoms with van der Waals surface area (Å²) in [5.41, 5.74) is 1.62. The number of fused-ring (bicyclic) bond motifs is 1. The highest BCUT2D eigenvalue weighted by Crippen LogP contribution is 2.37. The van der Waals surface area contributed by atoms with Gasteiger partial charge >= 0.3 is 0 Å². The number of amides is 1. The molecule has 23 heavy (non-hydrogen) atoms. The number of carbonyl (C=O) groups excluding carboxylic acids is 1. The summed E-state index contributed by atoms with van der Waals surface area (Å²) in [4.78, 5) is 19.3. The zero-order valence-electron chi connectivity index (χ0n) is 13.9. The first-order valence-electron chi connectivity index (χ1n) is 8.44. The molecule has 7 heteroatoms. The van der Waals surface area contributed by atoms with Crippen molar-refractivity contribution in [3.63, 3.8) is 0 Å². The minimum Gasteiger partial charge on any atom is -0.333 e. The highest BCUT2D eigenvalue weighted by molar-refractivity contribution is 6.34. The molecule has 3 aliphatic heterocycles. The summed E-state index contributed by atoms with van der Waals surface area (Å²) in [5, 5.41) is 5.08. The van der Waals surface area contributed by atoms with E-state index in [0.717, 1.165) is 51.4 Å². The molecule has 0 aliphatic carbocycles. The Morgan fingerprint density at radius 3 is 2.65 bits per heavy atom. The Labute approximate surface area is 142 Å². The zero-order valence-corrected chi connectivity index (χ0v) is 14.6. The third-order valence-electron chi connectivity index (χ3n) is 5.73. The van der Waals surface area contributed by atoms with E-state index in [-0.39, 0.29) is 11.4 Å². The van der Waals surface area contributed by atoms with Crippen molar-refractivity contribution in [1.29, 1.82) is 0 Å². The highest BCUT2D eigenvalue weighted by atomic mass is 35.5. The van der Waals surface area contributed by atoms with Gasteiger partial charge in [-0.1, -0.05) is 11.6 Å². The molecule has 4 heterocycles. The van der Waals surface area contributed by atoms with Crippen molar-refractivity contribution in [2.75, 3.05) is 40.3 Å². The van der Waals surface area contributed by atoms with E-state index in [1.54, 1.807) is 0 Å². The van der Waals surface area contributed by atoms with Gasteiger partial charge in [0.1, 0.15) is 0 Å². The predicted molar refractivity (Wildman–Crippen MR) is 88.7 cm³/mol. The molecule has 0 bridgehead atoms. The third-order valence-corrected chi connectivity index (χ3v) is 6.13. The maximum Gasteiger partial charge on any atom is 0.276 e. The lowest BCUT2D eigenvalue weighted by molar-refractivity contribution is -0.00769. The van der Waals surface area contributed by atoms with Crippen LogP contribution in [0, 0.1) is 0 Å². The quantitative estimate of drug-likeness (QED) is 0.774. The van der Waals surface area contributed by atoms with Gasteiger partial charge in [0.2, 0.25) is 0 Å². The Hall–Kier alpha value is -1.11. The summed E-state index contributed by atoms with van der Waals surface area (Å²) in [6, 6.07) is 0. The lowest BCUT2D eigenvalue weighted by Gasteiger charge is -2.51. The van der Waals surface area contributed by atoms with Gasteiger partial charge < -0.3 is 9.80 Å². The molecular weight excluding hydrogens is 314 g/mol. The molecule has 3 aliphatic rings. The van der Waals surface area contributed by atoms with E-state index in [4.69, 9.17) is 11.6 Å². The van der Waals surface area contributed by atoms with Gasteiger partial charge in [0.25, 0.3) is 5.91 Å². The predicted octanol–water partition coefficient (Wildman–Crippen LogP) is 1.29. The molecule has 0 radical (unpaired) electrons. The average molecular weight is 338 g/mol. The number of likely N-dealkylation sites (tertiary alicyclic amines) is 2. The van der Waals surface area contributed by atoms with Gasteiger partial charge in [-0.15, -0.1) is 0 Å². The van der Waals surface area contributed by atoms with E-state index in [9.17, 15) is 4.79 Å². The van der Waals surface area contributed by atoms with E-state index in [0.29, 0.717) is 10.7 Å². The second-order valence-electron chi connectivity index (χ2n) is 7.33. The Morgan fingerprint density at radius 2 is 1.96 bits per heavy atom. The molecule has 1 aromatic heterocycles. The molecule has 1 aromatic rings. The lowest BCUT2D eigenvalue weighted by Crippen LogP contribution is -2.68. The third kappa shape index (κ3) is 2.39. The van der Waals surface area contributed by atoms with Crippen molar-refractivity contribution in [3.05, 3.63) is 16.4 Å². The van der Waals surface area contributed by atoms with Crippen LogP contribution in [0.5, 0.6) is 0 Å². The van der Waals surface area contributed by atoms with Gasteiger partial charge in [-0.2, -0.15) is 5.10 Å². The molecule has 126 valence electrons. The first kappa shape index (κ1) is 15.4. The molecule has 6 nitrogen and oxygen atoms in total. The van der Waals surface area contributed by atoms with Crippen LogP contribution in [0.3, 0.4) is 0 Å². The zero-order chi connectivity index (χ0) is 16.2. The van der Waals surface area contributed by atoms with E-state index in [1.807, 2.05) is 9.58 Å². The molecule has 0 N–H and O–H groups in total. The standard InChI is InChI=1S/C16H24ClN5O/c1-19-6-4-8-22-12(9-19)13(17)14(18-22)15(23)21-10-16(11-21)5-3-7-20(16)2/h3-11H2,1-2H3. The van der Waals surface area contributed by atoms with E-state index in [2.05, 4.69) is 29.0 Å². The maximum absolute atomic E-state index is 12.8. The molecule has 0 saturated carbocycles. The van der Waals surface area contributed by atoms with E-state index in [1.165, 1.54) is 12.8 Å². The number of nitrogens with zero attached hydrogens (tertiary/aromatic N) is 5. The molecule has 0 unspecified atom stereocenters. The van der Waals surface area contributed by atoms with Crippen molar-refractivity contribution < 1.29 is 4.79 Å². The monoisotopic (exact) mass is 337 g/mol. The summed E-state index contributed by atoms with van der Waals surface area (Å²) in [6.45, 7) is 5.37. The summed E-state index contributed by atoms with van der Waals surface area (Å²) in [7, 11) is 4.24. The van der Waals surface area contributed by atoms with Crippen LogP contribution in [0.1, 0.15) is 35.4 Å². The summed E-state index contributed by atoms with van der Waals surface area (Å²) in [6.07, 6.45) is 3.45. The smallest absolute Gasteiger partial charge is 0.276 e. The Morgan fingerprint density at radius 1 is 1.17 bits per heavy atom. The highest BCUT2D eigenvalue weighted by Gasteiger charge is 2.50. The summed E-state index contributed by atoms with van der Waals surface area (Å²) in [5.74, 6) is -0.0100. The van der Waals surface area contributed by atoms with Crippen molar-refractivity contribution in [3.8, 4) is 0 Å². The molecule has 2 saturated heterocycles. The van der Waals surface area contributed by atoms with Gasteiger partial charge in [0.15, 0.2) is 5.69 Å². The molecule has 4 rings (SSSR count). The number of carbonyl (C=O) groups is 1. The normalized spacial score (nSPS) is 24.6. The first-order valence-corrected chi connectivity index (χ1v) is 8.82. The number of aryl methyl sites for hydroxylation is 1. The van der Waals surface area contributed by atoms with Crippen LogP contribution in [0.25, 0.3) is 0 Å². The fraction of sp³-hybridized carbons (Fsp3) is 0.750. The number of likely N-dealkylation sites (N-methyl/N-ethyl adjacent to an activating group) is 1. The molecule has 0 atom stereocenters. The Balaban J connectivity index is 1.53. The van der Waals surface area contributed by atoms with Gasteiger partial charge in [-0.05, 0) is 39.9 Å². The number of rotatable bonds is 1. The average Bonchev–Trinajstić information content (AvgIpc) is 2.93. The SMILES string of the molecule is CN1CCCn2nc(C(=O)N3CC4(CCCN4C)C3)c(Cl)c2C1. The molecular formula is C16H24ClN5O. The van der Waals surface area contributed by atoms with Gasteiger partial charge in [-0.25, -0.2) is 0 Å². The first-order chi connectivity index (χ1) is 11.0. The second-order valence-corrected chi connectivity index (χ2v) is 7.71. The summed E-state index contributed by atoms with van der Waals surface area (Å²) >= 11 is 6.51. The van der Waals surface area contributed by atoms with Crippen molar-refractivity contribution >= 4 is 17.5 Å². The van der Waals surface area contributed by atoms with Gasteiger partial charge in [0.05, 0.1) is 16.3 Å². The number of halogens is 1. The van der Waals surface area contributed by atoms with Crippen molar-refractivity contribution in [2.45, 2.75) is 37.9 Å². The fourth-order valence-corrected chi connectivity index (χ4v) is 4.48. The molecule has 2 fully saturated rings. The van der Waals surface area contributed by atoms with Crippen LogP contribution in [0.15, 0.2) is 0 Å². The molecule has 1 amide bonds. The van der Waals surface area contributed by atoms with Crippen LogP contribution >= 0.6 is 11.6 Å². The van der Waals surface area contributed by atoms with Gasteiger partial charge in [-0.3, -0.25) is 14.4 Å². The largest absolute Gasteiger partial charge is 0.333 e. The van der Waals surface area contributed by atoms with Crippen LogP contribution < -0.4 is 0 Å². The van der Waals surface area contributed by atoms with Crippen molar-refractivity contribution in [2.24, 2.45) is 0 Å². The van der Waals surface area contributed by atoms with E-state index >= 15 is 0 Å².